The van der Waals surface area contributed by atoms with E-state index in [0.29, 0.717) is 0 Å². The van der Waals surface area contributed by atoms with Crippen LogP contribution >= 0.6 is 0 Å². The van der Waals surface area contributed by atoms with Gasteiger partial charge in [0.25, 0.3) is 10.0 Å². The number of carbonyl (C=O) groups excluding carboxylic acids is 1. The minimum Gasteiger partial charge on any atom is -0.465 e. The van der Waals surface area contributed by atoms with Gasteiger partial charge in [-0.1, -0.05) is 0 Å². The number of rotatable bonds is 6. The molecular formula is C10H17N3O4S. The Morgan fingerprint density at radius 3 is 2.67 bits per heavy atom. The van der Waals surface area contributed by atoms with E-state index in [1.807, 2.05) is 0 Å². The van der Waals surface area contributed by atoms with E-state index in [2.05, 4.69) is 10.2 Å². The Balaban J connectivity index is 2.96. The predicted molar refractivity (Wildman–Crippen MR) is 64.2 cm³/mol. The van der Waals surface area contributed by atoms with Crippen molar-refractivity contribution in [1.29, 1.82) is 0 Å². The lowest BCUT2D eigenvalue weighted by Gasteiger charge is -2.23. The Labute approximate surface area is 106 Å². The van der Waals surface area contributed by atoms with E-state index in [0.717, 1.165) is 4.31 Å². The average molecular weight is 275 g/mol. The highest BCUT2D eigenvalue weighted by Gasteiger charge is 2.30. The molecule has 1 aromatic rings. The van der Waals surface area contributed by atoms with E-state index in [9.17, 15) is 13.2 Å². The van der Waals surface area contributed by atoms with Crippen molar-refractivity contribution in [2.24, 2.45) is 0 Å². The van der Waals surface area contributed by atoms with Crippen LogP contribution in [0.1, 0.15) is 20.8 Å². The van der Waals surface area contributed by atoms with Crippen LogP contribution in [0.5, 0.6) is 0 Å². The number of nitrogens with one attached hydrogen (secondary N) is 1. The lowest BCUT2D eigenvalue weighted by Crippen LogP contribution is -2.41. The maximum atomic E-state index is 12.2. The second-order valence-corrected chi connectivity index (χ2v) is 5.73. The van der Waals surface area contributed by atoms with E-state index < -0.39 is 16.0 Å². The first kappa shape index (κ1) is 14.7. The zero-order valence-corrected chi connectivity index (χ0v) is 11.4. The Morgan fingerprint density at radius 2 is 2.22 bits per heavy atom. The second kappa shape index (κ2) is 5.96. The van der Waals surface area contributed by atoms with Gasteiger partial charge in [0.05, 0.1) is 12.8 Å². The number of esters is 1. The van der Waals surface area contributed by atoms with E-state index >= 15 is 0 Å². The number of ether oxygens (including phenoxy) is 1. The van der Waals surface area contributed by atoms with Crippen LogP contribution in [0.25, 0.3) is 0 Å². The number of aromatic nitrogens is 2. The monoisotopic (exact) mass is 275 g/mol. The van der Waals surface area contributed by atoms with E-state index in [4.69, 9.17) is 4.74 Å². The molecule has 0 saturated carbocycles. The van der Waals surface area contributed by atoms with Crippen molar-refractivity contribution in [2.75, 3.05) is 13.2 Å². The molecule has 7 nitrogen and oxygen atoms in total. The molecule has 0 spiro atoms. The molecule has 0 amide bonds. The quantitative estimate of drug-likeness (QED) is 0.757. The van der Waals surface area contributed by atoms with Crippen molar-refractivity contribution in [2.45, 2.75) is 31.8 Å². The predicted octanol–water partition coefficient (Wildman–Crippen LogP) is 0.372. The summed E-state index contributed by atoms with van der Waals surface area (Å²) in [6, 6.07) is 0.985. The first-order valence-electron chi connectivity index (χ1n) is 5.56. The molecule has 0 bridgehead atoms. The normalized spacial score (nSPS) is 12.1. The second-order valence-electron chi connectivity index (χ2n) is 3.87. The van der Waals surface area contributed by atoms with Gasteiger partial charge in [0.2, 0.25) is 0 Å². The maximum Gasteiger partial charge on any atom is 0.321 e. The van der Waals surface area contributed by atoms with Gasteiger partial charge < -0.3 is 4.74 Å². The number of hydrogen-bond donors (Lipinski definition) is 1. The molecule has 0 aliphatic rings. The summed E-state index contributed by atoms with van der Waals surface area (Å²) in [4.78, 5) is 11.4. The molecule has 0 fully saturated rings. The van der Waals surface area contributed by atoms with E-state index in [-0.39, 0.29) is 24.2 Å². The topological polar surface area (TPSA) is 92.4 Å². The lowest BCUT2D eigenvalue weighted by atomic mass is 10.4. The fraction of sp³-hybridized carbons (Fsp3) is 0.600. The summed E-state index contributed by atoms with van der Waals surface area (Å²) in [5.74, 6) is -0.575. The van der Waals surface area contributed by atoms with Crippen molar-refractivity contribution in [3.05, 3.63) is 12.3 Å². The third-order valence-electron chi connectivity index (χ3n) is 2.23. The average Bonchev–Trinajstić information content (AvgIpc) is 2.79. The van der Waals surface area contributed by atoms with Gasteiger partial charge in [0, 0.05) is 6.04 Å². The summed E-state index contributed by atoms with van der Waals surface area (Å²) >= 11 is 0. The molecule has 1 N–H and O–H groups in total. The molecule has 0 aromatic carbocycles. The molecule has 0 saturated heterocycles. The molecule has 8 heteroatoms. The first-order chi connectivity index (χ1) is 8.39. The SMILES string of the molecule is CCOC(=O)CN(C(C)C)S(=O)(=O)c1ccn[nH]1. The molecular weight excluding hydrogens is 258 g/mol. The summed E-state index contributed by atoms with van der Waals surface area (Å²) in [6.45, 7) is 4.95. The third kappa shape index (κ3) is 3.30. The summed E-state index contributed by atoms with van der Waals surface area (Å²) < 4.78 is 30.3. The number of aromatic amines is 1. The highest BCUT2D eigenvalue weighted by atomic mass is 32.2. The molecule has 1 heterocycles. The van der Waals surface area contributed by atoms with Gasteiger partial charge in [-0.15, -0.1) is 0 Å². The Bertz CT molecular complexity index is 481. The largest absolute Gasteiger partial charge is 0.465 e. The summed E-state index contributed by atoms with van der Waals surface area (Å²) in [5.41, 5.74) is 0. The molecule has 0 radical (unpaired) electrons. The minimum absolute atomic E-state index is 0.0412. The number of nitrogens with zero attached hydrogens (tertiary/aromatic N) is 2. The van der Waals surface area contributed by atoms with Crippen LogP contribution in [0, 0.1) is 0 Å². The van der Waals surface area contributed by atoms with Crippen LogP contribution in [0.15, 0.2) is 17.3 Å². The van der Waals surface area contributed by atoms with Gasteiger partial charge in [-0.25, -0.2) is 8.42 Å². The van der Waals surface area contributed by atoms with Crippen LogP contribution in [-0.4, -0.2) is 48.1 Å². The fourth-order valence-electron chi connectivity index (χ4n) is 1.39. The van der Waals surface area contributed by atoms with Crippen LogP contribution in [-0.2, 0) is 19.6 Å². The van der Waals surface area contributed by atoms with Gasteiger partial charge in [-0.2, -0.15) is 9.40 Å². The summed E-state index contributed by atoms with van der Waals surface area (Å²) in [6.07, 6.45) is 1.34. The Hall–Kier alpha value is -1.41. The van der Waals surface area contributed by atoms with Gasteiger partial charge in [-0.3, -0.25) is 9.89 Å². The molecule has 1 aromatic heterocycles. The smallest absolute Gasteiger partial charge is 0.321 e. The molecule has 18 heavy (non-hydrogen) atoms. The number of H-pyrrole nitrogens is 1. The zero-order chi connectivity index (χ0) is 13.8. The zero-order valence-electron chi connectivity index (χ0n) is 10.6. The number of carbonyl (C=O) groups is 1. The summed E-state index contributed by atoms with van der Waals surface area (Å²) in [7, 11) is -3.76. The van der Waals surface area contributed by atoms with Crippen LogP contribution < -0.4 is 0 Å². The Morgan fingerprint density at radius 1 is 1.56 bits per heavy atom. The van der Waals surface area contributed by atoms with E-state index in [1.165, 1.54) is 12.3 Å². The van der Waals surface area contributed by atoms with Crippen molar-refractivity contribution in [3.63, 3.8) is 0 Å². The lowest BCUT2D eigenvalue weighted by molar-refractivity contribution is -0.143. The standard InChI is InChI=1S/C10H17N3O4S/c1-4-17-10(14)7-13(8(2)3)18(15,16)9-5-6-11-12-9/h5-6,8H,4,7H2,1-3H3,(H,11,12). The minimum atomic E-state index is -3.76. The van der Waals surface area contributed by atoms with Gasteiger partial charge in [-0.05, 0) is 26.8 Å². The molecule has 0 atom stereocenters. The van der Waals surface area contributed by atoms with Crippen LogP contribution in [0.2, 0.25) is 0 Å². The third-order valence-corrected chi connectivity index (χ3v) is 4.18. The highest BCUT2D eigenvalue weighted by Crippen LogP contribution is 2.15. The van der Waals surface area contributed by atoms with Crippen molar-refractivity contribution >= 4 is 16.0 Å². The summed E-state index contributed by atoms with van der Waals surface area (Å²) in [5, 5.41) is 5.94. The molecule has 1 rings (SSSR count). The van der Waals surface area contributed by atoms with Crippen LogP contribution in [0.4, 0.5) is 0 Å². The molecule has 0 unspecified atom stereocenters. The van der Waals surface area contributed by atoms with Gasteiger partial charge in [0.15, 0.2) is 5.03 Å². The number of sulfonamides is 1. The van der Waals surface area contributed by atoms with Crippen molar-refractivity contribution in [3.8, 4) is 0 Å². The molecule has 0 aliphatic carbocycles. The fourth-order valence-corrected chi connectivity index (χ4v) is 2.88. The Kier molecular flexibility index (Phi) is 4.85. The van der Waals surface area contributed by atoms with Gasteiger partial charge in [0.1, 0.15) is 6.54 Å². The molecule has 102 valence electrons. The van der Waals surface area contributed by atoms with Crippen molar-refractivity contribution < 1.29 is 17.9 Å². The van der Waals surface area contributed by atoms with E-state index in [1.54, 1.807) is 20.8 Å². The highest BCUT2D eigenvalue weighted by molar-refractivity contribution is 7.89. The van der Waals surface area contributed by atoms with Crippen molar-refractivity contribution in [1.82, 2.24) is 14.5 Å². The number of hydrogen-bond acceptors (Lipinski definition) is 5. The first-order valence-corrected chi connectivity index (χ1v) is 7.00. The molecule has 0 aliphatic heterocycles. The van der Waals surface area contributed by atoms with Crippen LogP contribution in [0.3, 0.4) is 0 Å². The maximum absolute atomic E-state index is 12.2. The van der Waals surface area contributed by atoms with Gasteiger partial charge >= 0.3 is 5.97 Å².